The van der Waals surface area contributed by atoms with Gasteiger partial charge >= 0.3 is 11.6 Å². The summed E-state index contributed by atoms with van der Waals surface area (Å²) in [6.45, 7) is 4.31. The Hall–Kier alpha value is -2.71. The Bertz CT molecular complexity index is 612. The Morgan fingerprint density at radius 3 is 2.90 bits per heavy atom. The van der Waals surface area contributed by atoms with E-state index < -0.39 is 4.92 Å². The lowest BCUT2D eigenvalue weighted by molar-refractivity contribution is -0.385. The van der Waals surface area contributed by atoms with Crippen LogP contribution in [0.1, 0.15) is 19.0 Å². The van der Waals surface area contributed by atoms with Gasteiger partial charge in [0.15, 0.2) is 0 Å². The van der Waals surface area contributed by atoms with Crippen molar-refractivity contribution in [2.75, 3.05) is 11.9 Å². The van der Waals surface area contributed by atoms with Crippen molar-refractivity contribution in [1.29, 1.82) is 0 Å². The molecule has 0 spiro atoms. The molecule has 0 amide bonds. The first kappa shape index (κ1) is 13.7. The van der Waals surface area contributed by atoms with Gasteiger partial charge in [0.25, 0.3) is 0 Å². The molecule has 0 saturated carbocycles. The zero-order chi connectivity index (χ0) is 14.5. The van der Waals surface area contributed by atoms with Gasteiger partial charge in [-0.25, -0.2) is 4.98 Å². The van der Waals surface area contributed by atoms with E-state index in [4.69, 9.17) is 4.74 Å². The third-order valence-corrected chi connectivity index (χ3v) is 2.40. The summed E-state index contributed by atoms with van der Waals surface area (Å²) in [7, 11) is 0. The molecule has 9 nitrogen and oxygen atoms in total. The topological polar surface area (TPSA) is 119 Å². The second-order valence-corrected chi connectivity index (χ2v) is 4.05. The third kappa shape index (κ3) is 2.99. The number of aryl methyl sites for hydroxylation is 1. The molecule has 0 saturated heterocycles. The number of rotatable bonds is 6. The first-order valence-corrected chi connectivity index (χ1v) is 6.05. The maximum atomic E-state index is 11.2. The van der Waals surface area contributed by atoms with Gasteiger partial charge in [0, 0.05) is 18.3 Å². The second-order valence-electron chi connectivity index (χ2n) is 4.05. The molecule has 0 bridgehead atoms. The number of aromatic amines is 1. The van der Waals surface area contributed by atoms with Crippen LogP contribution in [0.4, 0.5) is 11.5 Å². The number of nitrogens with one attached hydrogen (secondary N) is 2. The minimum atomic E-state index is -0.577. The highest BCUT2D eigenvalue weighted by Crippen LogP contribution is 2.33. The Morgan fingerprint density at radius 1 is 1.50 bits per heavy atom. The fraction of sp³-hybridized carbons (Fsp3) is 0.364. The largest absolute Gasteiger partial charge is 0.413 e. The number of hydrogen-bond donors (Lipinski definition) is 2. The van der Waals surface area contributed by atoms with Crippen molar-refractivity contribution in [3.05, 3.63) is 28.2 Å². The summed E-state index contributed by atoms with van der Waals surface area (Å²) in [6, 6.07) is 1.62. The van der Waals surface area contributed by atoms with Gasteiger partial charge in [0.1, 0.15) is 6.33 Å². The first-order chi connectivity index (χ1) is 9.61. The van der Waals surface area contributed by atoms with Gasteiger partial charge in [-0.05, 0) is 13.3 Å². The second kappa shape index (κ2) is 5.95. The molecule has 0 aliphatic carbocycles. The van der Waals surface area contributed by atoms with Gasteiger partial charge in [-0.3, -0.25) is 15.2 Å². The Balaban J connectivity index is 2.33. The Morgan fingerprint density at radius 2 is 2.30 bits per heavy atom. The van der Waals surface area contributed by atoms with Crippen LogP contribution in [0, 0.1) is 17.0 Å². The summed E-state index contributed by atoms with van der Waals surface area (Å²) >= 11 is 0. The quantitative estimate of drug-likeness (QED) is 0.612. The summed E-state index contributed by atoms with van der Waals surface area (Å²) in [5.74, 6) is 0.204. The molecule has 0 radical (unpaired) electrons. The van der Waals surface area contributed by atoms with E-state index in [1.807, 2.05) is 6.92 Å². The molecule has 0 aromatic carbocycles. The summed E-state index contributed by atoms with van der Waals surface area (Å²) in [4.78, 5) is 18.3. The average molecular weight is 278 g/mol. The smallest absolute Gasteiger partial charge is 0.373 e. The zero-order valence-electron chi connectivity index (χ0n) is 11.1. The minimum absolute atomic E-state index is 0.133. The molecule has 2 rings (SSSR count). The van der Waals surface area contributed by atoms with Crippen LogP contribution in [-0.2, 0) is 0 Å². The van der Waals surface area contributed by atoms with Crippen LogP contribution in [0.2, 0.25) is 0 Å². The van der Waals surface area contributed by atoms with Crippen LogP contribution in [0.5, 0.6) is 11.8 Å². The fourth-order valence-corrected chi connectivity index (χ4v) is 1.52. The number of hydrogen-bond acceptors (Lipinski definition) is 7. The third-order valence-electron chi connectivity index (χ3n) is 2.40. The van der Waals surface area contributed by atoms with Gasteiger partial charge in [-0.2, -0.15) is 4.98 Å². The van der Waals surface area contributed by atoms with E-state index in [0.717, 1.165) is 12.1 Å². The summed E-state index contributed by atoms with van der Waals surface area (Å²) in [5.41, 5.74) is 0.475. The van der Waals surface area contributed by atoms with E-state index in [2.05, 4.69) is 25.5 Å². The van der Waals surface area contributed by atoms with Gasteiger partial charge < -0.3 is 10.1 Å². The van der Waals surface area contributed by atoms with Crippen molar-refractivity contribution in [1.82, 2.24) is 20.2 Å². The van der Waals surface area contributed by atoms with Gasteiger partial charge in [0.2, 0.25) is 11.7 Å². The van der Waals surface area contributed by atoms with Crippen molar-refractivity contribution >= 4 is 11.5 Å². The van der Waals surface area contributed by atoms with E-state index in [0.29, 0.717) is 6.54 Å². The van der Waals surface area contributed by atoms with Crippen molar-refractivity contribution in [3.63, 3.8) is 0 Å². The Kier molecular flexibility index (Phi) is 4.08. The molecule has 9 heteroatoms. The molecular formula is C11H14N6O3. The van der Waals surface area contributed by atoms with Crippen LogP contribution in [0.3, 0.4) is 0 Å². The van der Waals surface area contributed by atoms with Crippen LogP contribution in [-0.4, -0.2) is 31.6 Å². The minimum Gasteiger partial charge on any atom is -0.413 e. The molecule has 0 fully saturated rings. The molecule has 2 aromatic rings. The lowest BCUT2D eigenvalue weighted by Crippen LogP contribution is -2.07. The highest BCUT2D eigenvalue weighted by Gasteiger charge is 2.25. The predicted octanol–water partition coefficient (Wildman–Crippen LogP) is 2.03. The van der Waals surface area contributed by atoms with Gasteiger partial charge in [0.05, 0.1) is 4.92 Å². The summed E-state index contributed by atoms with van der Waals surface area (Å²) in [5, 5.41) is 20.6. The SMILES string of the molecule is CCCNc1ncnc(Oc2cc(C)[nH]n2)c1[N+](=O)[O-]. The molecule has 2 heterocycles. The molecule has 2 N–H and O–H groups in total. The number of ether oxygens (including phenoxy) is 1. The van der Waals surface area contributed by atoms with Crippen molar-refractivity contribution < 1.29 is 9.66 Å². The molecule has 20 heavy (non-hydrogen) atoms. The number of nitrogens with zero attached hydrogens (tertiary/aromatic N) is 4. The van der Waals surface area contributed by atoms with E-state index in [1.165, 1.54) is 6.33 Å². The van der Waals surface area contributed by atoms with Gasteiger partial charge in [-0.15, -0.1) is 5.10 Å². The number of anilines is 1. The molecule has 0 atom stereocenters. The van der Waals surface area contributed by atoms with Crippen LogP contribution >= 0.6 is 0 Å². The van der Waals surface area contributed by atoms with Gasteiger partial charge in [-0.1, -0.05) is 6.92 Å². The summed E-state index contributed by atoms with van der Waals surface area (Å²) in [6.07, 6.45) is 2.02. The number of nitro groups is 1. The highest BCUT2D eigenvalue weighted by atomic mass is 16.6. The molecule has 106 valence electrons. The average Bonchev–Trinajstić information content (AvgIpc) is 2.81. The van der Waals surface area contributed by atoms with Crippen LogP contribution in [0.15, 0.2) is 12.4 Å². The molecule has 2 aromatic heterocycles. The number of H-pyrrole nitrogens is 1. The molecule has 0 aliphatic heterocycles. The lowest BCUT2D eigenvalue weighted by Gasteiger charge is -2.07. The number of aromatic nitrogens is 4. The maximum absolute atomic E-state index is 11.2. The Labute approximate surface area is 114 Å². The van der Waals surface area contributed by atoms with E-state index in [-0.39, 0.29) is 23.3 Å². The monoisotopic (exact) mass is 278 g/mol. The van der Waals surface area contributed by atoms with Crippen molar-refractivity contribution in [3.8, 4) is 11.8 Å². The summed E-state index contributed by atoms with van der Waals surface area (Å²) < 4.78 is 5.34. The van der Waals surface area contributed by atoms with E-state index >= 15 is 0 Å². The van der Waals surface area contributed by atoms with Crippen molar-refractivity contribution in [2.24, 2.45) is 0 Å². The van der Waals surface area contributed by atoms with Crippen molar-refractivity contribution in [2.45, 2.75) is 20.3 Å². The first-order valence-electron chi connectivity index (χ1n) is 6.05. The van der Waals surface area contributed by atoms with E-state index in [1.54, 1.807) is 13.0 Å². The molecule has 0 unspecified atom stereocenters. The van der Waals surface area contributed by atoms with Crippen LogP contribution in [0.25, 0.3) is 0 Å². The van der Waals surface area contributed by atoms with E-state index in [9.17, 15) is 10.1 Å². The fourth-order valence-electron chi connectivity index (χ4n) is 1.52. The normalized spacial score (nSPS) is 10.3. The van der Waals surface area contributed by atoms with Crippen LogP contribution < -0.4 is 10.1 Å². The highest BCUT2D eigenvalue weighted by molar-refractivity contribution is 5.61. The standard InChI is InChI=1S/C11H14N6O3/c1-3-4-12-10-9(17(18)19)11(14-6-13-10)20-8-5-7(2)15-16-8/h5-6H,3-4H2,1-2H3,(H,15,16)(H,12,13,14). The molecule has 0 aliphatic rings. The maximum Gasteiger partial charge on any atom is 0.373 e. The lowest BCUT2D eigenvalue weighted by atomic mass is 10.4. The predicted molar refractivity (Wildman–Crippen MR) is 70.9 cm³/mol. The molecular weight excluding hydrogens is 264 g/mol. The zero-order valence-corrected chi connectivity index (χ0v) is 11.1.